The van der Waals surface area contributed by atoms with Crippen LogP contribution in [-0.4, -0.2) is 18.2 Å². The lowest BCUT2D eigenvalue weighted by Gasteiger charge is -2.31. The number of hydrogen-bond donors (Lipinski definition) is 2. The van der Waals surface area contributed by atoms with Crippen molar-refractivity contribution in [2.75, 3.05) is 7.11 Å². The number of nitrogens with one attached hydrogen (secondary N) is 2. The molecule has 0 saturated carbocycles. The summed E-state index contributed by atoms with van der Waals surface area (Å²) in [6.07, 6.45) is 0. The zero-order valence-corrected chi connectivity index (χ0v) is 18.9. The van der Waals surface area contributed by atoms with Gasteiger partial charge < -0.3 is 20.1 Å². The van der Waals surface area contributed by atoms with Gasteiger partial charge in [-0.3, -0.25) is 0 Å². The van der Waals surface area contributed by atoms with Crippen molar-refractivity contribution >= 4 is 40.6 Å². The van der Waals surface area contributed by atoms with E-state index < -0.39 is 12.0 Å². The van der Waals surface area contributed by atoms with Gasteiger partial charge in [0.05, 0.1) is 24.4 Å². The standard InChI is InChI=1S/C25H21ClN2O3S/c1-30-24(29)21-22(17-5-3-2-4-6-17)27-25(32)28-23(21)18-9-13-20(14-10-18)31-15-16-7-11-19(26)12-8-16/h2-14,23H,15H2,1H3,(H2,27,28,32)/t23-/m0/s1. The summed E-state index contributed by atoms with van der Waals surface area (Å²) in [4.78, 5) is 12.8. The number of carbonyl (C=O) groups is 1. The van der Waals surface area contributed by atoms with Gasteiger partial charge >= 0.3 is 5.97 Å². The lowest BCUT2D eigenvalue weighted by atomic mass is 9.93. The summed E-state index contributed by atoms with van der Waals surface area (Å²) >= 11 is 11.4. The van der Waals surface area contributed by atoms with Crippen molar-refractivity contribution in [1.29, 1.82) is 0 Å². The summed E-state index contributed by atoms with van der Waals surface area (Å²) in [6, 6.07) is 24.2. The minimum atomic E-state index is -0.461. The molecule has 7 heteroatoms. The molecule has 0 bridgehead atoms. The van der Waals surface area contributed by atoms with Crippen molar-refractivity contribution < 1.29 is 14.3 Å². The lowest BCUT2D eigenvalue weighted by molar-refractivity contribution is -0.136. The maximum absolute atomic E-state index is 12.8. The molecule has 1 atom stereocenters. The van der Waals surface area contributed by atoms with Crippen molar-refractivity contribution in [3.63, 3.8) is 0 Å². The van der Waals surface area contributed by atoms with Gasteiger partial charge in [-0.05, 0) is 53.2 Å². The van der Waals surface area contributed by atoms with E-state index in [-0.39, 0.29) is 0 Å². The van der Waals surface area contributed by atoms with Gasteiger partial charge in [-0.25, -0.2) is 4.79 Å². The van der Waals surface area contributed by atoms with Gasteiger partial charge in [-0.2, -0.15) is 0 Å². The summed E-state index contributed by atoms with van der Waals surface area (Å²) in [7, 11) is 1.37. The van der Waals surface area contributed by atoms with Crippen LogP contribution in [0.3, 0.4) is 0 Å². The molecule has 0 fully saturated rings. The zero-order chi connectivity index (χ0) is 22.5. The Labute approximate surface area is 197 Å². The molecule has 3 aromatic carbocycles. The zero-order valence-electron chi connectivity index (χ0n) is 17.3. The van der Waals surface area contributed by atoms with E-state index in [2.05, 4.69) is 10.6 Å². The normalized spacial score (nSPS) is 15.6. The summed E-state index contributed by atoms with van der Waals surface area (Å²) in [5.41, 5.74) is 3.83. The second kappa shape index (κ2) is 9.85. The predicted octanol–water partition coefficient (Wildman–Crippen LogP) is 5.02. The summed E-state index contributed by atoms with van der Waals surface area (Å²) in [5.74, 6) is 0.284. The van der Waals surface area contributed by atoms with Crippen molar-refractivity contribution in [2.24, 2.45) is 0 Å². The van der Waals surface area contributed by atoms with Crippen LogP contribution < -0.4 is 15.4 Å². The van der Waals surface area contributed by atoms with E-state index in [1.807, 2.05) is 78.9 Å². The third-order valence-corrected chi connectivity index (χ3v) is 5.54. The molecule has 2 N–H and O–H groups in total. The smallest absolute Gasteiger partial charge is 0.338 e. The van der Waals surface area contributed by atoms with Crippen molar-refractivity contribution in [2.45, 2.75) is 12.6 Å². The molecule has 0 aromatic heterocycles. The quantitative estimate of drug-likeness (QED) is 0.394. The van der Waals surface area contributed by atoms with Crippen molar-refractivity contribution in [3.8, 4) is 5.75 Å². The molecule has 1 aliphatic rings. The number of rotatable bonds is 6. The molecule has 162 valence electrons. The molecule has 0 aliphatic carbocycles. The van der Waals surface area contributed by atoms with Crippen LogP contribution in [0.25, 0.3) is 5.70 Å². The highest BCUT2D eigenvalue weighted by Gasteiger charge is 2.32. The Morgan fingerprint density at radius 1 is 1.00 bits per heavy atom. The molecular weight excluding hydrogens is 444 g/mol. The van der Waals surface area contributed by atoms with Gasteiger partial charge in [0.15, 0.2) is 5.11 Å². The van der Waals surface area contributed by atoms with Gasteiger partial charge in [-0.1, -0.05) is 66.2 Å². The second-order valence-corrected chi connectivity index (χ2v) is 8.01. The van der Waals surface area contributed by atoms with Crippen LogP contribution in [0, 0.1) is 0 Å². The number of hydrogen-bond acceptors (Lipinski definition) is 4. The molecule has 3 aromatic rings. The Kier molecular flexibility index (Phi) is 6.73. The fraction of sp³-hybridized carbons (Fsp3) is 0.120. The average Bonchev–Trinajstić information content (AvgIpc) is 2.83. The SMILES string of the molecule is COC(=O)C1=C(c2ccccc2)NC(=S)N[C@H]1c1ccc(OCc2ccc(Cl)cc2)cc1. The number of esters is 1. The molecule has 32 heavy (non-hydrogen) atoms. The van der Waals surface area contributed by atoms with Crippen LogP contribution in [-0.2, 0) is 16.1 Å². The third kappa shape index (κ3) is 4.93. The van der Waals surface area contributed by atoms with E-state index >= 15 is 0 Å². The molecule has 5 nitrogen and oxygen atoms in total. The summed E-state index contributed by atoms with van der Waals surface area (Å²) < 4.78 is 11.0. The van der Waals surface area contributed by atoms with Crippen LogP contribution in [0.5, 0.6) is 5.75 Å². The first-order valence-electron chi connectivity index (χ1n) is 9.98. The van der Waals surface area contributed by atoms with Crippen LogP contribution in [0.15, 0.2) is 84.4 Å². The first kappa shape index (κ1) is 21.9. The molecule has 1 heterocycles. The molecule has 0 spiro atoms. The van der Waals surface area contributed by atoms with Gasteiger partial charge in [0.25, 0.3) is 0 Å². The molecule has 0 unspecified atom stereocenters. The first-order chi connectivity index (χ1) is 15.5. The largest absolute Gasteiger partial charge is 0.489 e. The van der Waals surface area contributed by atoms with E-state index in [0.29, 0.717) is 33.8 Å². The minimum Gasteiger partial charge on any atom is -0.489 e. The fourth-order valence-electron chi connectivity index (χ4n) is 3.48. The highest BCUT2D eigenvalue weighted by Crippen LogP contribution is 2.32. The minimum absolute atomic E-state index is 0.428. The number of carbonyl (C=O) groups excluding carboxylic acids is 1. The molecular formula is C25H21ClN2O3S. The van der Waals surface area contributed by atoms with E-state index in [1.54, 1.807) is 0 Å². The van der Waals surface area contributed by atoms with Gasteiger partial charge in [0.2, 0.25) is 0 Å². The highest BCUT2D eigenvalue weighted by molar-refractivity contribution is 7.80. The number of benzene rings is 3. The third-order valence-electron chi connectivity index (χ3n) is 5.07. The number of ether oxygens (including phenoxy) is 2. The second-order valence-electron chi connectivity index (χ2n) is 7.16. The first-order valence-corrected chi connectivity index (χ1v) is 10.8. The Morgan fingerprint density at radius 2 is 1.69 bits per heavy atom. The van der Waals surface area contributed by atoms with Crippen LogP contribution in [0.4, 0.5) is 0 Å². The maximum atomic E-state index is 12.8. The Hall–Kier alpha value is -3.35. The van der Waals surface area contributed by atoms with E-state index in [0.717, 1.165) is 16.7 Å². The number of thiocarbonyl (C=S) groups is 1. The van der Waals surface area contributed by atoms with Gasteiger partial charge in [0, 0.05) is 5.02 Å². The van der Waals surface area contributed by atoms with Crippen molar-refractivity contribution in [3.05, 3.63) is 106 Å². The van der Waals surface area contributed by atoms with E-state index in [9.17, 15) is 4.79 Å². The summed E-state index contributed by atoms with van der Waals surface area (Å²) in [5, 5.41) is 7.43. The van der Waals surface area contributed by atoms with E-state index in [4.69, 9.17) is 33.3 Å². The Bertz CT molecular complexity index is 1150. The van der Waals surface area contributed by atoms with Crippen LogP contribution in [0.2, 0.25) is 5.02 Å². The monoisotopic (exact) mass is 464 g/mol. The Morgan fingerprint density at radius 3 is 2.34 bits per heavy atom. The fourth-order valence-corrected chi connectivity index (χ4v) is 3.83. The average molecular weight is 465 g/mol. The summed E-state index contributed by atoms with van der Waals surface area (Å²) in [6.45, 7) is 0.428. The highest BCUT2D eigenvalue weighted by atomic mass is 35.5. The van der Waals surface area contributed by atoms with Crippen molar-refractivity contribution in [1.82, 2.24) is 10.6 Å². The maximum Gasteiger partial charge on any atom is 0.338 e. The molecule has 0 radical (unpaired) electrons. The number of halogens is 1. The van der Waals surface area contributed by atoms with Gasteiger partial charge in [-0.15, -0.1) is 0 Å². The topological polar surface area (TPSA) is 59.6 Å². The van der Waals surface area contributed by atoms with Gasteiger partial charge in [0.1, 0.15) is 12.4 Å². The number of methoxy groups -OCH3 is 1. The molecule has 1 aliphatic heterocycles. The lowest BCUT2D eigenvalue weighted by Crippen LogP contribution is -2.45. The van der Waals surface area contributed by atoms with Crippen LogP contribution in [0.1, 0.15) is 22.7 Å². The van der Waals surface area contributed by atoms with Crippen LogP contribution >= 0.6 is 23.8 Å². The molecule has 0 saturated heterocycles. The predicted molar refractivity (Wildman–Crippen MR) is 129 cm³/mol. The Balaban J connectivity index is 1.61. The molecule has 4 rings (SSSR count). The van der Waals surface area contributed by atoms with E-state index in [1.165, 1.54) is 7.11 Å². The molecule has 0 amide bonds.